The number of hydrogen-bond donors (Lipinski definition) is 2. The quantitative estimate of drug-likeness (QED) is 0.720. The van der Waals surface area contributed by atoms with E-state index in [-0.39, 0.29) is 30.4 Å². The van der Waals surface area contributed by atoms with Crippen molar-refractivity contribution in [3.63, 3.8) is 0 Å². The van der Waals surface area contributed by atoms with Crippen LogP contribution in [0.1, 0.15) is 51.6 Å². The van der Waals surface area contributed by atoms with Crippen LogP contribution < -0.4 is 10.1 Å². The van der Waals surface area contributed by atoms with Gasteiger partial charge >= 0.3 is 0 Å². The molecule has 0 aromatic heterocycles. The van der Waals surface area contributed by atoms with Crippen molar-refractivity contribution < 1.29 is 19.4 Å². The van der Waals surface area contributed by atoms with E-state index in [4.69, 9.17) is 4.74 Å². The summed E-state index contributed by atoms with van der Waals surface area (Å²) in [6, 6.07) is 12.5. The molecule has 1 aliphatic heterocycles. The standard InChI is InChI=1S/C22H23BrN2O4/c1-29-20-10-15(5-8-18(20)23)22(28)25-12-17(26)11-19(25)13-3-2-4-14(9-13)21(27)24-16-6-7-16/h2-5,8-10,16-17,19,26H,6-7,11-12H2,1H3,(H,24,27)/t17?,19-/m1/s1. The number of methoxy groups -OCH3 is 1. The van der Waals surface area contributed by atoms with Crippen molar-refractivity contribution in [3.05, 3.63) is 63.6 Å². The van der Waals surface area contributed by atoms with Crippen LogP contribution in [0.4, 0.5) is 0 Å². The topological polar surface area (TPSA) is 78.9 Å². The molecule has 152 valence electrons. The van der Waals surface area contributed by atoms with Gasteiger partial charge in [0.25, 0.3) is 11.8 Å². The highest BCUT2D eigenvalue weighted by molar-refractivity contribution is 9.10. The molecule has 2 N–H and O–H groups in total. The molecule has 2 fully saturated rings. The minimum Gasteiger partial charge on any atom is -0.496 e. The van der Waals surface area contributed by atoms with Gasteiger partial charge in [-0.05, 0) is 71.1 Å². The zero-order chi connectivity index (χ0) is 20.5. The van der Waals surface area contributed by atoms with Crippen LogP contribution in [0.3, 0.4) is 0 Å². The zero-order valence-electron chi connectivity index (χ0n) is 16.1. The van der Waals surface area contributed by atoms with Gasteiger partial charge in [0.15, 0.2) is 0 Å². The fourth-order valence-corrected chi connectivity index (χ4v) is 4.10. The number of benzene rings is 2. The van der Waals surface area contributed by atoms with Crippen LogP contribution in [0.15, 0.2) is 46.9 Å². The Morgan fingerprint density at radius 2 is 1.97 bits per heavy atom. The summed E-state index contributed by atoms with van der Waals surface area (Å²) < 4.78 is 6.07. The molecule has 0 radical (unpaired) electrons. The maximum atomic E-state index is 13.2. The number of nitrogens with zero attached hydrogens (tertiary/aromatic N) is 1. The van der Waals surface area contributed by atoms with Crippen LogP contribution in [0.2, 0.25) is 0 Å². The first-order chi connectivity index (χ1) is 14.0. The summed E-state index contributed by atoms with van der Waals surface area (Å²) in [5.41, 5.74) is 1.92. The number of aliphatic hydroxyl groups is 1. The first kappa shape index (κ1) is 19.9. The molecule has 0 bridgehead atoms. The lowest BCUT2D eigenvalue weighted by Gasteiger charge is -2.25. The van der Waals surface area contributed by atoms with E-state index in [1.54, 1.807) is 36.3 Å². The Labute approximate surface area is 178 Å². The molecule has 1 aliphatic carbocycles. The van der Waals surface area contributed by atoms with Crippen molar-refractivity contribution in [2.45, 2.75) is 37.5 Å². The van der Waals surface area contributed by atoms with E-state index in [1.165, 1.54) is 0 Å². The number of ether oxygens (including phenoxy) is 1. The molecule has 2 aromatic carbocycles. The molecule has 2 aromatic rings. The van der Waals surface area contributed by atoms with Gasteiger partial charge in [-0.1, -0.05) is 12.1 Å². The largest absolute Gasteiger partial charge is 0.496 e. The number of halogens is 1. The van der Waals surface area contributed by atoms with Crippen LogP contribution >= 0.6 is 15.9 Å². The molecular weight excluding hydrogens is 436 g/mol. The molecule has 1 heterocycles. The monoisotopic (exact) mass is 458 g/mol. The first-order valence-electron chi connectivity index (χ1n) is 9.69. The maximum Gasteiger partial charge on any atom is 0.254 e. The van der Waals surface area contributed by atoms with Gasteiger partial charge in [-0.3, -0.25) is 9.59 Å². The second-order valence-electron chi connectivity index (χ2n) is 7.59. The lowest BCUT2D eigenvalue weighted by atomic mass is 10.0. The van der Waals surface area contributed by atoms with E-state index in [0.717, 1.165) is 22.9 Å². The van der Waals surface area contributed by atoms with Gasteiger partial charge in [-0.25, -0.2) is 0 Å². The summed E-state index contributed by atoms with van der Waals surface area (Å²) in [5, 5.41) is 13.3. The Bertz CT molecular complexity index is 944. The first-order valence-corrected chi connectivity index (χ1v) is 10.5. The number of likely N-dealkylation sites (tertiary alicyclic amines) is 1. The molecule has 1 unspecified atom stereocenters. The van der Waals surface area contributed by atoms with E-state index in [2.05, 4.69) is 21.2 Å². The second-order valence-corrected chi connectivity index (χ2v) is 8.44. The lowest BCUT2D eigenvalue weighted by Crippen LogP contribution is -2.32. The number of amides is 2. The Morgan fingerprint density at radius 3 is 2.69 bits per heavy atom. The zero-order valence-corrected chi connectivity index (χ0v) is 17.7. The van der Waals surface area contributed by atoms with Gasteiger partial charge in [0.05, 0.1) is 23.7 Å². The number of β-amino-alcohol motifs (C(OH)–C–C–N with tert-alkyl or cyclic N) is 1. The van der Waals surface area contributed by atoms with Gasteiger partial charge in [0.2, 0.25) is 0 Å². The molecule has 7 heteroatoms. The average Bonchev–Trinajstić information content (AvgIpc) is 3.46. The van der Waals surface area contributed by atoms with Crippen LogP contribution in [0.25, 0.3) is 0 Å². The highest BCUT2D eigenvalue weighted by atomic mass is 79.9. The maximum absolute atomic E-state index is 13.2. The second kappa shape index (κ2) is 8.16. The van der Waals surface area contributed by atoms with E-state index in [1.807, 2.05) is 18.2 Å². The highest BCUT2D eigenvalue weighted by Crippen LogP contribution is 2.35. The van der Waals surface area contributed by atoms with Crippen molar-refractivity contribution in [2.75, 3.05) is 13.7 Å². The Hall–Kier alpha value is -2.38. The van der Waals surface area contributed by atoms with Gasteiger partial charge in [-0.2, -0.15) is 0 Å². The number of aliphatic hydroxyl groups excluding tert-OH is 1. The van der Waals surface area contributed by atoms with Gasteiger partial charge in [0.1, 0.15) is 5.75 Å². The average molecular weight is 459 g/mol. The molecule has 2 aliphatic rings. The molecule has 2 amide bonds. The van der Waals surface area contributed by atoms with E-state index in [0.29, 0.717) is 23.3 Å². The molecule has 1 saturated carbocycles. The number of rotatable bonds is 5. The number of carbonyl (C=O) groups excluding carboxylic acids is 2. The third-order valence-corrected chi connectivity index (χ3v) is 6.04. The van der Waals surface area contributed by atoms with E-state index < -0.39 is 6.10 Å². The van der Waals surface area contributed by atoms with E-state index in [9.17, 15) is 14.7 Å². The molecule has 29 heavy (non-hydrogen) atoms. The molecule has 1 saturated heterocycles. The number of hydrogen-bond acceptors (Lipinski definition) is 4. The summed E-state index contributed by atoms with van der Waals surface area (Å²) >= 11 is 3.40. The van der Waals surface area contributed by atoms with E-state index >= 15 is 0 Å². The van der Waals surface area contributed by atoms with Gasteiger partial charge in [-0.15, -0.1) is 0 Å². The predicted octanol–water partition coefficient (Wildman–Crippen LogP) is 3.30. The third-order valence-electron chi connectivity index (χ3n) is 5.38. The summed E-state index contributed by atoms with van der Waals surface area (Å²) in [6.45, 7) is 0.250. The van der Waals surface area contributed by atoms with Crippen molar-refractivity contribution in [2.24, 2.45) is 0 Å². The molecule has 0 spiro atoms. The molecule has 2 atom stereocenters. The van der Waals surface area contributed by atoms with Crippen molar-refractivity contribution in [1.29, 1.82) is 0 Å². The summed E-state index contributed by atoms with van der Waals surface area (Å²) in [7, 11) is 1.55. The van der Waals surface area contributed by atoms with Crippen LogP contribution in [0, 0.1) is 0 Å². The van der Waals surface area contributed by atoms with Gasteiger partial charge < -0.3 is 20.1 Å². The predicted molar refractivity (Wildman–Crippen MR) is 112 cm³/mol. The van der Waals surface area contributed by atoms with Crippen LogP contribution in [0.5, 0.6) is 5.75 Å². The summed E-state index contributed by atoms with van der Waals surface area (Å²) in [5.74, 6) is 0.305. The fourth-order valence-electron chi connectivity index (χ4n) is 3.70. The minimum absolute atomic E-state index is 0.0941. The number of nitrogens with one attached hydrogen (secondary N) is 1. The van der Waals surface area contributed by atoms with Crippen molar-refractivity contribution in [1.82, 2.24) is 10.2 Å². The smallest absolute Gasteiger partial charge is 0.254 e. The molecule has 6 nitrogen and oxygen atoms in total. The van der Waals surface area contributed by atoms with Gasteiger partial charge in [0, 0.05) is 23.7 Å². The lowest BCUT2D eigenvalue weighted by molar-refractivity contribution is 0.0715. The normalized spacial score (nSPS) is 21.1. The summed E-state index contributed by atoms with van der Waals surface area (Å²) in [6.07, 6.45) is 1.89. The highest BCUT2D eigenvalue weighted by Gasteiger charge is 2.36. The third kappa shape index (κ3) is 4.31. The fraction of sp³-hybridized carbons (Fsp3) is 0.364. The minimum atomic E-state index is -0.606. The Kier molecular flexibility index (Phi) is 5.61. The van der Waals surface area contributed by atoms with Crippen LogP contribution in [-0.2, 0) is 0 Å². The SMILES string of the molecule is COc1cc(C(=O)N2CC(O)C[C@@H]2c2cccc(C(=O)NC3CC3)c2)ccc1Br. The van der Waals surface area contributed by atoms with Crippen molar-refractivity contribution >= 4 is 27.7 Å². The molecule has 4 rings (SSSR count). The number of carbonyl (C=O) groups is 2. The Balaban J connectivity index is 1.59. The summed E-state index contributed by atoms with van der Waals surface area (Å²) in [4.78, 5) is 27.3. The van der Waals surface area contributed by atoms with Crippen LogP contribution in [-0.4, -0.2) is 47.6 Å². The Morgan fingerprint density at radius 1 is 1.17 bits per heavy atom. The molecular formula is C22H23BrN2O4. The van der Waals surface area contributed by atoms with Crippen molar-refractivity contribution in [3.8, 4) is 5.75 Å².